The van der Waals surface area contributed by atoms with Gasteiger partial charge in [0.2, 0.25) is 0 Å². The molecule has 12 nitrogen and oxygen atoms in total. The van der Waals surface area contributed by atoms with E-state index in [9.17, 15) is 19.2 Å². The van der Waals surface area contributed by atoms with Crippen molar-refractivity contribution in [3.05, 3.63) is 106 Å². The van der Waals surface area contributed by atoms with Crippen molar-refractivity contribution in [2.24, 2.45) is 0 Å². The largest absolute Gasteiger partial charge is 0.478 e. The second kappa shape index (κ2) is 24.1. The Morgan fingerprint density at radius 3 is 1.10 bits per heavy atom. The predicted molar refractivity (Wildman–Crippen MR) is 190 cm³/mol. The number of morpholine rings is 2. The van der Waals surface area contributed by atoms with E-state index in [-0.39, 0.29) is 18.0 Å². The molecule has 0 spiro atoms. The quantitative estimate of drug-likeness (QED) is 0.261. The molecule has 0 radical (unpaired) electrons. The molecule has 0 unspecified atom stereocenters. The molecule has 272 valence electrons. The maximum atomic E-state index is 10.7. The van der Waals surface area contributed by atoms with Gasteiger partial charge in [-0.3, -0.25) is 14.6 Å². The molecule has 3 N–H and O–H groups in total. The van der Waals surface area contributed by atoms with E-state index >= 15 is 0 Å². The van der Waals surface area contributed by atoms with Crippen LogP contribution < -0.4 is 0 Å². The first-order valence-corrected chi connectivity index (χ1v) is 16.4. The maximum absolute atomic E-state index is 10.7. The van der Waals surface area contributed by atoms with Crippen molar-refractivity contribution in [1.29, 1.82) is 0 Å². The number of nitrogens with zero attached hydrogens (tertiary/aromatic N) is 2. The number of carboxylic acids is 3. The molecule has 0 aliphatic carbocycles. The Kier molecular flexibility index (Phi) is 20.2. The maximum Gasteiger partial charge on any atom is 0.335 e. The van der Waals surface area contributed by atoms with Crippen LogP contribution in [0, 0.1) is 0 Å². The van der Waals surface area contributed by atoms with Crippen LogP contribution in [0.3, 0.4) is 0 Å². The molecular weight excluding hydrogens is 668 g/mol. The zero-order valence-electron chi connectivity index (χ0n) is 28.1. The number of ether oxygens (including phenoxy) is 3. The number of hydrogen-bond donors (Lipinski definition) is 3. The topological polar surface area (TPSA) is 163 Å². The first-order valence-electron chi connectivity index (χ1n) is 16.4. The molecule has 3 fully saturated rings. The minimum absolute atomic E-state index is 0. The van der Waals surface area contributed by atoms with Crippen molar-refractivity contribution in [3.8, 4) is 0 Å². The Bertz CT molecular complexity index is 1340. The minimum Gasteiger partial charge on any atom is -0.478 e. The lowest BCUT2D eigenvalue weighted by Gasteiger charge is -2.26. The Hall–Kier alpha value is -4.17. The van der Waals surface area contributed by atoms with Crippen LogP contribution >= 0.6 is 12.4 Å². The monoisotopic (exact) mass is 714 g/mol. The third kappa shape index (κ3) is 16.5. The van der Waals surface area contributed by atoms with Gasteiger partial charge in [0.1, 0.15) is 6.29 Å². The van der Waals surface area contributed by atoms with Crippen LogP contribution in [0.5, 0.6) is 0 Å². The third-order valence-electron chi connectivity index (χ3n) is 7.79. The van der Waals surface area contributed by atoms with E-state index in [1.165, 1.54) is 43.5 Å². The first kappa shape index (κ1) is 42.0. The van der Waals surface area contributed by atoms with Crippen LogP contribution in [0.2, 0.25) is 0 Å². The zero-order chi connectivity index (χ0) is 35.3. The predicted octanol–water partition coefficient (Wildman–Crippen LogP) is 5.24. The van der Waals surface area contributed by atoms with Gasteiger partial charge in [0.15, 0.2) is 0 Å². The van der Waals surface area contributed by atoms with Crippen molar-refractivity contribution >= 4 is 36.6 Å². The normalized spacial score (nSPS) is 15.9. The second-order valence-corrected chi connectivity index (χ2v) is 11.5. The van der Waals surface area contributed by atoms with Crippen LogP contribution in [0.25, 0.3) is 0 Å². The summed E-state index contributed by atoms with van der Waals surface area (Å²) in [6.07, 6.45) is 4.60. The molecule has 13 heteroatoms. The summed E-state index contributed by atoms with van der Waals surface area (Å²) in [7, 11) is 0. The summed E-state index contributed by atoms with van der Waals surface area (Å²) in [5, 5.41) is 26.0. The number of carboxylic acid groups (broad SMARTS) is 3. The first-order chi connectivity index (χ1) is 23.7. The fraction of sp³-hybridized carbons (Fsp3) is 0.405. The molecule has 3 heterocycles. The highest BCUT2D eigenvalue weighted by Crippen LogP contribution is 2.10. The van der Waals surface area contributed by atoms with Crippen LogP contribution in [0.4, 0.5) is 0 Å². The van der Waals surface area contributed by atoms with Gasteiger partial charge >= 0.3 is 17.9 Å². The number of halogens is 1. The van der Waals surface area contributed by atoms with Gasteiger partial charge < -0.3 is 29.5 Å². The molecule has 6 rings (SSSR count). The van der Waals surface area contributed by atoms with Gasteiger partial charge in [0.25, 0.3) is 0 Å². The zero-order valence-corrected chi connectivity index (χ0v) is 28.9. The van der Waals surface area contributed by atoms with Gasteiger partial charge in [-0.15, -0.1) is 12.4 Å². The average molecular weight is 715 g/mol. The van der Waals surface area contributed by atoms with Gasteiger partial charge in [-0.05, 0) is 66.8 Å². The van der Waals surface area contributed by atoms with E-state index < -0.39 is 17.9 Å². The number of rotatable bonds is 8. The fourth-order valence-electron chi connectivity index (χ4n) is 4.93. The minimum atomic E-state index is -0.984. The van der Waals surface area contributed by atoms with Crippen molar-refractivity contribution in [2.45, 2.75) is 32.4 Å². The lowest BCUT2D eigenvalue weighted by molar-refractivity contribution is 0.0341. The van der Waals surface area contributed by atoms with E-state index in [4.69, 9.17) is 29.5 Å². The van der Waals surface area contributed by atoms with Crippen LogP contribution in [0.15, 0.2) is 72.8 Å². The van der Waals surface area contributed by atoms with Crippen molar-refractivity contribution in [1.82, 2.24) is 9.80 Å². The second-order valence-electron chi connectivity index (χ2n) is 11.5. The fourth-order valence-corrected chi connectivity index (χ4v) is 4.93. The molecular formula is C37H47ClN2O10. The van der Waals surface area contributed by atoms with E-state index in [0.29, 0.717) is 23.0 Å². The number of carbonyl (C=O) groups is 4. The highest BCUT2D eigenvalue weighted by Gasteiger charge is 2.12. The summed E-state index contributed by atoms with van der Waals surface area (Å²) in [5.74, 6) is -2.74. The lowest BCUT2D eigenvalue weighted by Crippen LogP contribution is -2.35. The van der Waals surface area contributed by atoms with E-state index in [1.54, 1.807) is 24.3 Å². The summed E-state index contributed by atoms with van der Waals surface area (Å²) in [6, 6.07) is 19.8. The molecule has 50 heavy (non-hydrogen) atoms. The summed E-state index contributed by atoms with van der Waals surface area (Å²) in [5.41, 5.74) is 3.64. The molecule has 3 aliphatic rings. The molecule has 0 bridgehead atoms. The molecule has 0 amide bonds. The Balaban J connectivity index is 0.000000241. The number of hydrogen-bond acceptors (Lipinski definition) is 9. The number of benzene rings is 3. The number of aldehydes is 1. The summed E-state index contributed by atoms with van der Waals surface area (Å²) in [6.45, 7) is 10.6. The standard InChI is InChI=1S/2C12H15NO3.C8H6O3.C5H10O.ClH/c2*14-12(15)11-3-1-10(2-4-11)9-13-5-7-16-8-6-13;9-5-6-1-3-7(4-2-6)8(10)11;1-2-4-6-5-3-1;/h2*1-4H,5-9H2,(H,14,15);1-5H,(H,10,11);1-5H2;1H. The van der Waals surface area contributed by atoms with Crippen LogP contribution in [0.1, 0.15) is 71.8 Å². The highest BCUT2D eigenvalue weighted by atomic mass is 35.5. The highest BCUT2D eigenvalue weighted by molar-refractivity contribution is 5.89. The molecule has 0 saturated carbocycles. The van der Waals surface area contributed by atoms with E-state index in [1.807, 2.05) is 24.3 Å². The van der Waals surface area contributed by atoms with Gasteiger partial charge in [-0.2, -0.15) is 0 Å². The Morgan fingerprint density at radius 2 is 0.840 bits per heavy atom. The molecule has 0 aromatic heterocycles. The Labute approximate surface area is 299 Å². The summed E-state index contributed by atoms with van der Waals surface area (Å²) >= 11 is 0. The molecule has 3 aromatic rings. The number of aromatic carboxylic acids is 3. The van der Waals surface area contributed by atoms with Gasteiger partial charge in [-0.1, -0.05) is 36.4 Å². The van der Waals surface area contributed by atoms with Gasteiger partial charge in [0, 0.05) is 58.0 Å². The molecule has 0 atom stereocenters. The van der Waals surface area contributed by atoms with Crippen molar-refractivity contribution in [3.63, 3.8) is 0 Å². The molecule has 3 aliphatic heterocycles. The van der Waals surface area contributed by atoms with Gasteiger partial charge in [-0.25, -0.2) is 14.4 Å². The average Bonchev–Trinajstić information content (AvgIpc) is 3.14. The number of carbonyl (C=O) groups excluding carboxylic acids is 1. The van der Waals surface area contributed by atoms with E-state index in [2.05, 4.69) is 9.80 Å². The van der Waals surface area contributed by atoms with Crippen LogP contribution in [-0.2, 0) is 27.3 Å². The molecule has 3 saturated heterocycles. The third-order valence-corrected chi connectivity index (χ3v) is 7.79. The van der Waals surface area contributed by atoms with E-state index in [0.717, 1.165) is 90.0 Å². The van der Waals surface area contributed by atoms with Crippen LogP contribution in [-0.4, -0.2) is 115 Å². The summed E-state index contributed by atoms with van der Waals surface area (Å²) in [4.78, 5) is 46.4. The van der Waals surface area contributed by atoms with Crippen molar-refractivity contribution < 1.29 is 48.7 Å². The smallest absolute Gasteiger partial charge is 0.335 e. The SMILES string of the molecule is C1CCOCC1.Cl.O=C(O)c1ccc(CN2CCOCC2)cc1.O=C(O)c1ccc(CN2CCOCC2)cc1.O=Cc1ccc(C(=O)O)cc1. The Morgan fingerprint density at radius 1 is 0.520 bits per heavy atom. The molecule has 3 aromatic carbocycles. The summed E-state index contributed by atoms with van der Waals surface area (Å²) < 4.78 is 15.6. The van der Waals surface area contributed by atoms with Crippen molar-refractivity contribution in [2.75, 3.05) is 65.8 Å². The lowest BCUT2D eigenvalue weighted by atomic mass is 10.1. The van der Waals surface area contributed by atoms with Gasteiger partial charge in [0.05, 0.1) is 43.1 Å².